The molecule has 102 valence electrons. The Hall–Kier alpha value is -1.27. The lowest BCUT2D eigenvalue weighted by molar-refractivity contribution is -0.137. The van der Waals surface area contributed by atoms with Crippen LogP contribution in [0.1, 0.15) is 37.9 Å². The highest BCUT2D eigenvalue weighted by Crippen LogP contribution is 2.38. The standard InChI is InChI=1S/C12H18F3N3/c1-11(2,3)10(18-17)8-6-7(12(13,14)15)4-5-9(8)16/h4-6,10,18H,16-17H2,1-3H3. The van der Waals surface area contributed by atoms with Gasteiger partial charge in [-0.3, -0.25) is 11.3 Å². The molecular weight excluding hydrogens is 243 g/mol. The van der Waals surface area contributed by atoms with E-state index in [0.717, 1.165) is 12.1 Å². The van der Waals surface area contributed by atoms with Crippen molar-refractivity contribution in [1.82, 2.24) is 5.43 Å². The quantitative estimate of drug-likeness (QED) is 0.436. The number of nitrogens with one attached hydrogen (secondary N) is 1. The Labute approximate surface area is 104 Å². The van der Waals surface area contributed by atoms with E-state index in [1.165, 1.54) is 6.07 Å². The molecule has 0 heterocycles. The predicted octanol–water partition coefficient (Wildman–Crippen LogP) is 2.84. The van der Waals surface area contributed by atoms with E-state index >= 15 is 0 Å². The smallest absolute Gasteiger partial charge is 0.398 e. The fraction of sp³-hybridized carbons (Fsp3) is 0.500. The molecule has 18 heavy (non-hydrogen) atoms. The van der Waals surface area contributed by atoms with Crippen molar-refractivity contribution < 1.29 is 13.2 Å². The summed E-state index contributed by atoms with van der Waals surface area (Å²) >= 11 is 0. The molecule has 0 amide bonds. The van der Waals surface area contributed by atoms with Gasteiger partial charge in [0.25, 0.3) is 0 Å². The predicted molar refractivity (Wildman–Crippen MR) is 65.4 cm³/mol. The number of hydrogen-bond acceptors (Lipinski definition) is 3. The molecular formula is C12H18F3N3. The third kappa shape index (κ3) is 3.14. The zero-order valence-electron chi connectivity index (χ0n) is 10.6. The maximum absolute atomic E-state index is 12.7. The highest BCUT2D eigenvalue weighted by molar-refractivity contribution is 5.51. The maximum Gasteiger partial charge on any atom is 0.416 e. The van der Waals surface area contributed by atoms with Gasteiger partial charge in [0, 0.05) is 5.69 Å². The number of halogens is 3. The topological polar surface area (TPSA) is 64.1 Å². The fourth-order valence-corrected chi connectivity index (χ4v) is 1.81. The molecule has 0 aliphatic heterocycles. The molecule has 0 aliphatic carbocycles. The molecule has 1 rings (SSSR count). The molecule has 1 unspecified atom stereocenters. The van der Waals surface area contributed by atoms with Crippen molar-refractivity contribution in [1.29, 1.82) is 0 Å². The SMILES string of the molecule is CC(C)(C)C(NN)c1cc(C(F)(F)F)ccc1N. The van der Waals surface area contributed by atoms with Crippen LogP contribution in [0.3, 0.4) is 0 Å². The summed E-state index contributed by atoms with van der Waals surface area (Å²) in [5.74, 6) is 5.43. The van der Waals surface area contributed by atoms with Crippen LogP contribution in [0.25, 0.3) is 0 Å². The summed E-state index contributed by atoms with van der Waals surface area (Å²) in [5, 5.41) is 0. The number of alkyl halides is 3. The van der Waals surface area contributed by atoms with E-state index in [2.05, 4.69) is 5.43 Å². The van der Waals surface area contributed by atoms with Crippen LogP contribution in [0.5, 0.6) is 0 Å². The molecule has 5 N–H and O–H groups in total. The van der Waals surface area contributed by atoms with Crippen LogP contribution < -0.4 is 17.0 Å². The molecule has 0 saturated heterocycles. The van der Waals surface area contributed by atoms with Crippen LogP contribution in [-0.2, 0) is 6.18 Å². The van der Waals surface area contributed by atoms with Crippen molar-refractivity contribution >= 4 is 5.69 Å². The van der Waals surface area contributed by atoms with Crippen LogP contribution in [-0.4, -0.2) is 0 Å². The molecule has 3 nitrogen and oxygen atoms in total. The van der Waals surface area contributed by atoms with Gasteiger partial charge in [-0.05, 0) is 29.2 Å². The Bertz CT molecular complexity index is 422. The van der Waals surface area contributed by atoms with Crippen LogP contribution in [0.2, 0.25) is 0 Å². The second kappa shape index (κ2) is 4.78. The van der Waals surface area contributed by atoms with Gasteiger partial charge in [-0.15, -0.1) is 0 Å². The van der Waals surface area contributed by atoms with Gasteiger partial charge in [-0.1, -0.05) is 20.8 Å². The Morgan fingerprint density at radius 1 is 1.17 bits per heavy atom. The van der Waals surface area contributed by atoms with Gasteiger partial charge >= 0.3 is 6.18 Å². The Balaban J connectivity index is 3.31. The van der Waals surface area contributed by atoms with Gasteiger partial charge in [-0.2, -0.15) is 13.2 Å². The first-order chi connectivity index (χ1) is 8.07. The molecule has 0 fully saturated rings. The highest BCUT2D eigenvalue weighted by Gasteiger charge is 2.33. The fourth-order valence-electron chi connectivity index (χ4n) is 1.81. The second-order valence-electron chi connectivity index (χ2n) is 5.31. The van der Waals surface area contributed by atoms with Crippen molar-refractivity contribution in [3.63, 3.8) is 0 Å². The number of anilines is 1. The largest absolute Gasteiger partial charge is 0.416 e. The van der Waals surface area contributed by atoms with E-state index in [0.29, 0.717) is 11.3 Å². The van der Waals surface area contributed by atoms with E-state index in [1.807, 2.05) is 20.8 Å². The first kappa shape index (κ1) is 14.8. The number of benzene rings is 1. The third-order valence-corrected chi connectivity index (χ3v) is 2.76. The van der Waals surface area contributed by atoms with Gasteiger partial charge in [0.15, 0.2) is 0 Å². The zero-order chi connectivity index (χ0) is 14.1. The van der Waals surface area contributed by atoms with E-state index in [-0.39, 0.29) is 5.41 Å². The summed E-state index contributed by atoms with van der Waals surface area (Å²) in [6.07, 6.45) is -4.39. The average molecular weight is 261 g/mol. The van der Waals surface area contributed by atoms with E-state index in [1.54, 1.807) is 0 Å². The summed E-state index contributed by atoms with van der Waals surface area (Å²) < 4.78 is 38.0. The van der Waals surface area contributed by atoms with Crippen LogP contribution in [0, 0.1) is 5.41 Å². The molecule has 1 aromatic rings. The average Bonchev–Trinajstić information content (AvgIpc) is 2.18. The van der Waals surface area contributed by atoms with E-state index in [9.17, 15) is 13.2 Å². The van der Waals surface area contributed by atoms with E-state index < -0.39 is 17.8 Å². The minimum Gasteiger partial charge on any atom is -0.398 e. The summed E-state index contributed by atoms with van der Waals surface area (Å²) in [4.78, 5) is 0. The lowest BCUT2D eigenvalue weighted by Gasteiger charge is -2.31. The number of nitrogens with two attached hydrogens (primary N) is 2. The third-order valence-electron chi connectivity index (χ3n) is 2.76. The van der Waals surface area contributed by atoms with Gasteiger partial charge < -0.3 is 5.73 Å². The molecule has 0 aliphatic rings. The van der Waals surface area contributed by atoms with Crippen molar-refractivity contribution in [3.8, 4) is 0 Å². The summed E-state index contributed by atoms with van der Waals surface area (Å²) in [7, 11) is 0. The number of nitrogen functional groups attached to an aromatic ring is 1. The molecule has 1 atom stereocenters. The summed E-state index contributed by atoms with van der Waals surface area (Å²) in [6, 6.07) is 2.81. The molecule has 1 aromatic carbocycles. The Morgan fingerprint density at radius 2 is 1.72 bits per heavy atom. The van der Waals surface area contributed by atoms with Gasteiger partial charge in [-0.25, -0.2) is 0 Å². The lowest BCUT2D eigenvalue weighted by Crippen LogP contribution is -2.37. The molecule has 0 saturated carbocycles. The first-order valence-electron chi connectivity index (χ1n) is 5.50. The summed E-state index contributed by atoms with van der Waals surface area (Å²) in [6.45, 7) is 5.62. The lowest BCUT2D eigenvalue weighted by atomic mass is 9.81. The van der Waals surface area contributed by atoms with Crippen LogP contribution >= 0.6 is 0 Å². The van der Waals surface area contributed by atoms with Crippen molar-refractivity contribution in [3.05, 3.63) is 29.3 Å². The molecule has 0 aromatic heterocycles. The van der Waals surface area contributed by atoms with Gasteiger partial charge in [0.1, 0.15) is 0 Å². The molecule has 0 spiro atoms. The maximum atomic E-state index is 12.7. The summed E-state index contributed by atoms with van der Waals surface area (Å²) in [5.41, 5.74) is 7.85. The zero-order valence-corrected chi connectivity index (χ0v) is 10.6. The van der Waals surface area contributed by atoms with Crippen molar-refractivity contribution in [2.45, 2.75) is 33.0 Å². The molecule has 6 heteroatoms. The van der Waals surface area contributed by atoms with Crippen LogP contribution in [0.4, 0.5) is 18.9 Å². The molecule has 0 radical (unpaired) electrons. The van der Waals surface area contributed by atoms with Crippen molar-refractivity contribution in [2.24, 2.45) is 11.3 Å². The van der Waals surface area contributed by atoms with Crippen LogP contribution in [0.15, 0.2) is 18.2 Å². The number of hydrogen-bond donors (Lipinski definition) is 3. The highest BCUT2D eigenvalue weighted by atomic mass is 19.4. The van der Waals surface area contributed by atoms with E-state index in [4.69, 9.17) is 11.6 Å². The monoisotopic (exact) mass is 261 g/mol. The number of rotatable bonds is 2. The minimum absolute atomic E-state index is 0.292. The normalized spacial score (nSPS) is 14.6. The number of hydrazine groups is 1. The second-order valence-corrected chi connectivity index (χ2v) is 5.31. The van der Waals surface area contributed by atoms with Gasteiger partial charge in [0.05, 0.1) is 11.6 Å². The minimum atomic E-state index is -4.39. The van der Waals surface area contributed by atoms with Crippen molar-refractivity contribution in [2.75, 3.05) is 5.73 Å². The molecule has 0 bridgehead atoms. The van der Waals surface area contributed by atoms with Gasteiger partial charge in [0.2, 0.25) is 0 Å². The first-order valence-corrected chi connectivity index (χ1v) is 5.50. The Morgan fingerprint density at radius 3 is 2.11 bits per heavy atom. The Kier molecular flexibility index (Phi) is 3.92.